The van der Waals surface area contributed by atoms with E-state index in [1.807, 2.05) is 0 Å². The number of rotatable bonds is 3. The van der Waals surface area contributed by atoms with E-state index in [2.05, 4.69) is 14.7 Å². The minimum atomic E-state index is -3.73. The van der Waals surface area contributed by atoms with Gasteiger partial charge in [-0.1, -0.05) is 12.1 Å². The number of anilines is 2. The van der Waals surface area contributed by atoms with Gasteiger partial charge in [-0.2, -0.15) is 0 Å². The molecule has 100 valence electrons. The lowest BCUT2D eigenvalue weighted by Crippen LogP contribution is -2.16. The van der Waals surface area contributed by atoms with Gasteiger partial charge in [0.15, 0.2) is 0 Å². The largest absolute Gasteiger partial charge is 0.398 e. The Labute approximate surface area is 111 Å². The van der Waals surface area contributed by atoms with E-state index in [4.69, 9.17) is 5.73 Å². The minimum Gasteiger partial charge on any atom is -0.398 e. The average molecular weight is 278 g/mol. The molecule has 7 heteroatoms. The zero-order valence-electron chi connectivity index (χ0n) is 10.6. The van der Waals surface area contributed by atoms with Gasteiger partial charge in [-0.3, -0.25) is 4.72 Å². The van der Waals surface area contributed by atoms with E-state index < -0.39 is 10.0 Å². The van der Waals surface area contributed by atoms with E-state index in [0.717, 1.165) is 0 Å². The first-order valence-corrected chi connectivity index (χ1v) is 7.06. The standard InChI is InChI=1S/C12H14N4O2S/c1-8-11(7-14-9(2)15-8)16-19(17,18)12-6-4-3-5-10(12)13/h3-7,16H,13H2,1-2H3. The third-order valence-corrected chi connectivity index (χ3v) is 3.99. The first-order valence-electron chi connectivity index (χ1n) is 5.58. The van der Waals surface area contributed by atoms with Crippen molar-refractivity contribution < 1.29 is 8.42 Å². The molecule has 2 rings (SSSR count). The lowest BCUT2D eigenvalue weighted by Gasteiger charge is -2.11. The number of aromatic nitrogens is 2. The number of hydrogen-bond donors (Lipinski definition) is 2. The molecular formula is C12H14N4O2S. The van der Waals surface area contributed by atoms with Crippen molar-refractivity contribution in [3.8, 4) is 0 Å². The Morgan fingerprint density at radius 2 is 1.89 bits per heavy atom. The van der Waals surface area contributed by atoms with Gasteiger partial charge in [0.1, 0.15) is 10.7 Å². The van der Waals surface area contributed by atoms with Crippen LogP contribution in [0.4, 0.5) is 11.4 Å². The van der Waals surface area contributed by atoms with Crippen molar-refractivity contribution in [3.05, 3.63) is 42.0 Å². The predicted octanol–water partition coefficient (Wildman–Crippen LogP) is 1.48. The molecule has 2 aromatic rings. The molecule has 0 fully saturated rings. The zero-order valence-corrected chi connectivity index (χ0v) is 11.4. The van der Waals surface area contributed by atoms with Crippen LogP contribution in [0.1, 0.15) is 11.5 Å². The monoisotopic (exact) mass is 278 g/mol. The fourth-order valence-corrected chi connectivity index (χ4v) is 2.84. The number of nitrogens with one attached hydrogen (secondary N) is 1. The second kappa shape index (κ2) is 4.85. The molecule has 0 aliphatic carbocycles. The van der Waals surface area contributed by atoms with Gasteiger partial charge in [0, 0.05) is 0 Å². The van der Waals surface area contributed by atoms with Crippen LogP contribution >= 0.6 is 0 Å². The van der Waals surface area contributed by atoms with E-state index in [1.165, 1.54) is 18.3 Å². The fraction of sp³-hybridized carbons (Fsp3) is 0.167. The topological polar surface area (TPSA) is 98.0 Å². The number of nitrogen functional groups attached to an aromatic ring is 1. The molecule has 19 heavy (non-hydrogen) atoms. The summed E-state index contributed by atoms with van der Waals surface area (Å²) in [6.45, 7) is 3.45. The van der Waals surface area contributed by atoms with Crippen LogP contribution in [0.25, 0.3) is 0 Å². The summed E-state index contributed by atoms with van der Waals surface area (Å²) < 4.78 is 26.9. The molecule has 0 aliphatic heterocycles. The van der Waals surface area contributed by atoms with Crippen LogP contribution in [0.5, 0.6) is 0 Å². The molecule has 1 aromatic carbocycles. The summed E-state index contributed by atoms with van der Waals surface area (Å²) in [5.41, 5.74) is 6.77. The van der Waals surface area contributed by atoms with Gasteiger partial charge < -0.3 is 5.73 Å². The van der Waals surface area contributed by atoms with Crippen LogP contribution in [-0.4, -0.2) is 18.4 Å². The van der Waals surface area contributed by atoms with Crippen LogP contribution in [-0.2, 0) is 10.0 Å². The van der Waals surface area contributed by atoms with Crippen molar-refractivity contribution in [2.45, 2.75) is 18.7 Å². The fourth-order valence-electron chi connectivity index (χ4n) is 1.61. The van der Waals surface area contributed by atoms with E-state index in [0.29, 0.717) is 17.2 Å². The molecule has 0 radical (unpaired) electrons. The number of para-hydroxylation sites is 1. The molecule has 6 nitrogen and oxygen atoms in total. The predicted molar refractivity (Wildman–Crippen MR) is 73.2 cm³/mol. The van der Waals surface area contributed by atoms with Gasteiger partial charge in [-0.25, -0.2) is 18.4 Å². The average Bonchev–Trinajstić information content (AvgIpc) is 2.33. The number of nitrogens with two attached hydrogens (primary N) is 1. The number of benzene rings is 1. The zero-order chi connectivity index (χ0) is 14.0. The van der Waals surface area contributed by atoms with Crippen LogP contribution in [0.3, 0.4) is 0 Å². The molecule has 0 aliphatic rings. The highest BCUT2D eigenvalue weighted by Gasteiger charge is 2.18. The highest BCUT2D eigenvalue weighted by molar-refractivity contribution is 7.92. The Bertz CT molecular complexity index is 713. The van der Waals surface area contributed by atoms with Crippen LogP contribution in [0, 0.1) is 13.8 Å². The maximum Gasteiger partial charge on any atom is 0.264 e. The van der Waals surface area contributed by atoms with Crippen molar-refractivity contribution in [2.75, 3.05) is 10.5 Å². The lowest BCUT2D eigenvalue weighted by atomic mass is 10.3. The number of sulfonamides is 1. The number of nitrogens with zero attached hydrogens (tertiary/aromatic N) is 2. The third kappa shape index (κ3) is 2.82. The van der Waals surface area contributed by atoms with Crippen molar-refractivity contribution in [2.24, 2.45) is 0 Å². The summed E-state index contributed by atoms with van der Waals surface area (Å²) in [5, 5.41) is 0. The summed E-state index contributed by atoms with van der Waals surface area (Å²) in [6, 6.07) is 6.27. The third-order valence-electron chi connectivity index (χ3n) is 2.55. The van der Waals surface area contributed by atoms with Crippen molar-refractivity contribution in [3.63, 3.8) is 0 Å². The van der Waals surface area contributed by atoms with Crippen LogP contribution < -0.4 is 10.5 Å². The SMILES string of the molecule is Cc1ncc(NS(=O)(=O)c2ccccc2N)c(C)n1. The smallest absolute Gasteiger partial charge is 0.264 e. The van der Waals surface area contributed by atoms with E-state index in [9.17, 15) is 8.42 Å². The van der Waals surface area contributed by atoms with Gasteiger partial charge in [0.05, 0.1) is 23.3 Å². The van der Waals surface area contributed by atoms with E-state index in [-0.39, 0.29) is 10.6 Å². The molecule has 1 heterocycles. The maximum atomic E-state index is 12.2. The Morgan fingerprint density at radius 3 is 2.53 bits per heavy atom. The molecule has 0 spiro atoms. The normalized spacial score (nSPS) is 11.3. The molecule has 0 amide bonds. The second-order valence-electron chi connectivity index (χ2n) is 4.06. The Kier molecular flexibility index (Phi) is 3.39. The molecule has 0 atom stereocenters. The molecular weight excluding hydrogens is 264 g/mol. The summed E-state index contributed by atoms with van der Waals surface area (Å²) >= 11 is 0. The van der Waals surface area contributed by atoms with Crippen molar-refractivity contribution in [1.82, 2.24) is 9.97 Å². The first-order chi connectivity index (χ1) is 8.90. The van der Waals surface area contributed by atoms with Crippen molar-refractivity contribution >= 4 is 21.4 Å². The van der Waals surface area contributed by atoms with Gasteiger partial charge >= 0.3 is 0 Å². The molecule has 3 N–H and O–H groups in total. The Hall–Kier alpha value is -2.15. The highest BCUT2D eigenvalue weighted by Crippen LogP contribution is 2.21. The lowest BCUT2D eigenvalue weighted by molar-refractivity contribution is 0.601. The van der Waals surface area contributed by atoms with Gasteiger partial charge in [0.2, 0.25) is 0 Å². The van der Waals surface area contributed by atoms with Gasteiger partial charge in [-0.05, 0) is 26.0 Å². The highest BCUT2D eigenvalue weighted by atomic mass is 32.2. The minimum absolute atomic E-state index is 0.0370. The maximum absolute atomic E-state index is 12.2. The van der Waals surface area contributed by atoms with Gasteiger partial charge in [-0.15, -0.1) is 0 Å². The van der Waals surface area contributed by atoms with Crippen LogP contribution in [0.2, 0.25) is 0 Å². The molecule has 0 saturated carbocycles. The van der Waals surface area contributed by atoms with Gasteiger partial charge in [0.25, 0.3) is 10.0 Å². The first kappa shape index (κ1) is 13.3. The summed E-state index contributed by atoms with van der Waals surface area (Å²) in [4.78, 5) is 8.11. The Balaban J connectivity index is 2.40. The summed E-state index contributed by atoms with van der Waals surface area (Å²) in [7, 11) is -3.73. The molecule has 1 aromatic heterocycles. The van der Waals surface area contributed by atoms with Crippen LogP contribution in [0.15, 0.2) is 35.4 Å². The summed E-state index contributed by atoms with van der Waals surface area (Å²) in [5.74, 6) is 0.583. The van der Waals surface area contributed by atoms with Crippen molar-refractivity contribution in [1.29, 1.82) is 0 Å². The summed E-state index contributed by atoms with van der Waals surface area (Å²) in [6.07, 6.45) is 1.44. The number of aryl methyl sites for hydroxylation is 2. The quantitative estimate of drug-likeness (QED) is 0.829. The second-order valence-corrected chi connectivity index (χ2v) is 5.71. The molecule has 0 unspecified atom stereocenters. The van der Waals surface area contributed by atoms with E-state index >= 15 is 0 Å². The van der Waals surface area contributed by atoms with E-state index in [1.54, 1.807) is 26.0 Å². The molecule has 0 saturated heterocycles. The number of hydrogen-bond acceptors (Lipinski definition) is 5. The Morgan fingerprint density at radius 1 is 1.21 bits per heavy atom. The molecule has 0 bridgehead atoms.